The third kappa shape index (κ3) is 2.37. The molecule has 0 aliphatic carbocycles. The topological polar surface area (TPSA) is 55.0 Å². The number of methoxy groups -OCH3 is 1. The van der Waals surface area contributed by atoms with Crippen LogP contribution in [0, 0.1) is 0 Å². The number of esters is 1. The number of fused-ring (bicyclic) bond motifs is 2. The molecular formula is C19H13BrN2O2. The summed E-state index contributed by atoms with van der Waals surface area (Å²) < 4.78 is 5.93. The fourth-order valence-corrected chi connectivity index (χ4v) is 3.26. The van der Waals surface area contributed by atoms with Crippen molar-refractivity contribution in [3.8, 4) is 11.3 Å². The number of aromatic nitrogens is 2. The molecule has 2 aromatic carbocycles. The maximum absolute atomic E-state index is 12.2. The third-order valence-electron chi connectivity index (χ3n) is 4.04. The highest BCUT2D eigenvalue weighted by atomic mass is 79.9. The first-order valence-electron chi connectivity index (χ1n) is 7.42. The summed E-state index contributed by atoms with van der Waals surface area (Å²) in [5.41, 5.74) is 3.98. The number of hydrogen-bond acceptors (Lipinski definition) is 3. The second kappa shape index (κ2) is 5.76. The molecule has 2 aromatic heterocycles. The van der Waals surface area contributed by atoms with Crippen LogP contribution in [0.25, 0.3) is 33.1 Å². The monoisotopic (exact) mass is 380 g/mol. The number of benzene rings is 2. The minimum atomic E-state index is -0.365. The van der Waals surface area contributed by atoms with Crippen molar-refractivity contribution in [3.05, 3.63) is 64.8 Å². The van der Waals surface area contributed by atoms with E-state index < -0.39 is 0 Å². The fraction of sp³-hybridized carbons (Fsp3) is 0.0526. The molecule has 118 valence electrons. The van der Waals surface area contributed by atoms with Crippen molar-refractivity contribution >= 4 is 43.7 Å². The Morgan fingerprint density at radius 3 is 2.79 bits per heavy atom. The van der Waals surface area contributed by atoms with Crippen molar-refractivity contribution in [2.45, 2.75) is 0 Å². The summed E-state index contributed by atoms with van der Waals surface area (Å²) in [7, 11) is 1.39. The molecule has 0 atom stereocenters. The molecule has 24 heavy (non-hydrogen) atoms. The van der Waals surface area contributed by atoms with Crippen molar-refractivity contribution in [2.75, 3.05) is 7.11 Å². The van der Waals surface area contributed by atoms with Crippen LogP contribution in [0.5, 0.6) is 0 Å². The summed E-state index contributed by atoms with van der Waals surface area (Å²) >= 11 is 3.50. The lowest BCUT2D eigenvalue weighted by Crippen LogP contribution is -2.03. The molecule has 0 unspecified atom stereocenters. The molecule has 0 aliphatic heterocycles. The van der Waals surface area contributed by atoms with Crippen molar-refractivity contribution in [2.24, 2.45) is 0 Å². The summed E-state index contributed by atoms with van der Waals surface area (Å²) in [6.45, 7) is 0. The van der Waals surface area contributed by atoms with E-state index in [1.54, 1.807) is 6.07 Å². The number of H-pyrrole nitrogens is 1. The lowest BCUT2D eigenvalue weighted by Gasteiger charge is -2.08. The average molecular weight is 381 g/mol. The zero-order valence-corrected chi connectivity index (χ0v) is 14.4. The van der Waals surface area contributed by atoms with Gasteiger partial charge in [0.05, 0.1) is 23.9 Å². The molecule has 0 saturated heterocycles. The van der Waals surface area contributed by atoms with Gasteiger partial charge in [0, 0.05) is 32.5 Å². The Labute approximate surface area is 146 Å². The first kappa shape index (κ1) is 14.9. The van der Waals surface area contributed by atoms with Crippen LogP contribution in [0.3, 0.4) is 0 Å². The van der Waals surface area contributed by atoms with Crippen LogP contribution in [0.15, 0.2) is 59.2 Å². The number of carbonyl (C=O) groups excluding carboxylic acids is 1. The maximum atomic E-state index is 12.2. The second-order valence-electron chi connectivity index (χ2n) is 5.46. The number of para-hydroxylation sites is 1. The molecular weight excluding hydrogens is 368 g/mol. The van der Waals surface area contributed by atoms with E-state index in [9.17, 15) is 4.79 Å². The highest BCUT2D eigenvalue weighted by Gasteiger charge is 2.16. The Morgan fingerprint density at radius 2 is 1.96 bits per heavy atom. The van der Waals surface area contributed by atoms with Crippen molar-refractivity contribution in [3.63, 3.8) is 0 Å². The number of pyridine rings is 1. The Kier molecular flexibility index (Phi) is 3.58. The van der Waals surface area contributed by atoms with E-state index >= 15 is 0 Å². The molecule has 0 aliphatic rings. The van der Waals surface area contributed by atoms with Crippen molar-refractivity contribution in [1.82, 2.24) is 9.97 Å². The molecule has 0 fully saturated rings. The first-order valence-corrected chi connectivity index (χ1v) is 8.22. The van der Waals surface area contributed by atoms with Gasteiger partial charge in [0.1, 0.15) is 0 Å². The van der Waals surface area contributed by atoms with Gasteiger partial charge in [0.15, 0.2) is 0 Å². The highest BCUT2D eigenvalue weighted by molar-refractivity contribution is 9.10. The summed E-state index contributed by atoms with van der Waals surface area (Å²) in [5.74, 6) is -0.365. The SMILES string of the molecule is COC(=O)c1cc(-c2c[nH]c3ccc(Br)cc23)nc2ccccc12. The van der Waals surface area contributed by atoms with Crippen LogP contribution < -0.4 is 0 Å². The van der Waals surface area contributed by atoms with Gasteiger partial charge in [0.2, 0.25) is 0 Å². The zero-order chi connectivity index (χ0) is 16.7. The molecule has 4 aromatic rings. The van der Waals surface area contributed by atoms with E-state index in [1.807, 2.05) is 48.7 Å². The Hall–Kier alpha value is -2.66. The number of halogens is 1. The van der Waals surface area contributed by atoms with Crippen LogP contribution in [-0.4, -0.2) is 23.0 Å². The summed E-state index contributed by atoms with van der Waals surface area (Å²) in [5, 5.41) is 1.83. The van der Waals surface area contributed by atoms with Crippen molar-refractivity contribution in [1.29, 1.82) is 0 Å². The van der Waals surface area contributed by atoms with Crippen LogP contribution in [-0.2, 0) is 4.74 Å². The Balaban J connectivity index is 2.02. The number of hydrogen-bond donors (Lipinski definition) is 1. The van der Waals surface area contributed by atoms with Crippen molar-refractivity contribution < 1.29 is 9.53 Å². The first-order chi connectivity index (χ1) is 11.7. The van der Waals surface area contributed by atoms with Crippen LogP contribution >= 0.6 is 15.9 Å². The van der Waals surface area contributed by atoms with E-state index in [-0.39, 0.29) is 5.97 Å². The number of rotatable bonds is 2. The van der Waals surface area contributed by atoms with Gasteiger partial charge in [-0.05, 0) is 30.3 Å². The summed E-state index contributed by atoms with van der Waals surface area (Å²) in [6.07, 6.45) is 1.91. The van der Waals surface area contributed by atoms with Crippen LogP contribution in [0.2, 0.25) is 0 Å². The standard InChI is InChI=1S/C19H13BrN2O2/c1-24-19(23)14-9-18(22-17-5-3-2-4-12(14)17)15-10-21-16-7-6-11(20)8-13(15)16/h2-10,21H,1H3. The molecule has 0 spiro atoms. The molecule has 0 radical (unpaired) electrons. The van der Waals surface area contributed by atoms with Gasteiger partial charge in [-0.15, -0.1) is 0 Å². The van der Waals surface area contributed by atoms with Gasteiger partial charge in [-0.3, -0.25) is 0 Å². The molecule has 0 amide bonds. The molecule has 4 nitrogen and oxygen atoms in total. The summed E-state index contributed by atoms with van der Waals surface area (Å²) in [4.78, 5) is 20.2. The zero-order valence-electron chi connectivity index (χ0n) is 12.8. The van der Waals surface area contributed by atoms with Gasteiger partial charge in [0.25, 0.3) is 0 Å². The van der Waals surface area contributed by atoms with Gasteiger partial charge in [-0.25, -0.2) is 9.78 Å². The van der Waals surface area contributed by atoms with E-state index in [1.165, 1.54) is 7.11 Å². The van der Waals surface area contributed by atoms with Crippen LogP contribution in [0.4, 0.5) is 0 Å². The smallest absolute Gasteiger partial charge is 0.338 e. The average Bonchev–Trinajstić information content (AvgIpc) is 3.03. The summed E-state index contributed by atoms with van der Waals surface area (Å²) in [6, 6.07) is 15.4. The predicted octanol–water partition coefficient (Wildman–Crippen LogP) is 4.93. The fourth-order valence-electron chi connectivity index (χ4n) is 2.90. The normalized spacial score (nSPS) is 11.1. The van der Waals surface area contributed by atoms with E-state index in [2.05, 4.69) is 20.9 Å². The number of nitrogens with zero attached hydrogens (tertiary/aromatic N) is 1. The Morgan fingerprint density at radius 1 is 1.12 bits per heavy atom. The predicted molar refractivity (Wildman–Crippen MR) is 98.1 cm³/mol. The molecule has 1 N–H and O–H groups in total. The minimum Gasteiger partial charge on any atom is -0.465 e. The maximum Gasteiger partial charge on any atom is 0.338 e. The number of aromatic amines is 1. The largest absolute Gasteiger partial charge is 0.465 e. The van der Waals surface area contributed by atoms with Gasteiger partial charge in [-0.2, -0.15) is 0 Å². The van der Waals surface area contributed by atoms with Crippen LogP contribution in [0.1, 0.15) is 10.4 Å². The Bertz CT molecular complexity index is 1090. The van der Waals surface area contributed by atoms with E-state index in [0.29, 0.717) is 5.56 Å². The minimum absolute atomic E-state index is 0.365. The van der Waals surface area contributed by atoms with Gasteiger partial charge in [-0.1, -0.05) is 34.1 Å². The van der Waals surface area contributed by atoms with E-state index in [0.717, 1.165) is 37.5 Å². The molecule has 4 rings (SSSR count). The highest BCUT2D eigenvalue weighted by Crippen LogP contribution is 2.32. The number of ether oxygens (including phenoxy) is 1. The molecule has 5 heteroatoms. The van der Waals surface area contributed by atoms with Gasteiger partial charge < -0.3 is 9.72 Å². The second-order valence-corrected chi connectivity index (χ2v) is 6.37. The third-order valence-corrected chi connectivity index (χ3v) is 4.53. The van der Waals surface area contributed by atoms with Gasteiger partial charge >= 0.3 is 5.97 Å². The quantitative estimate of drug-likeness (QED) is 0.501. The lowest BCUT2D eigenvalue weighted by molar-refractivity contribution is 0.0603. The van der Waals surface area contributed by atoms with E-state index in [4.69, 9.17) is 9.72 Å². The number of carbonyl (C=O) groups is 1. The number of nitrogens with one attached hydrogen (secondary N) is 1. The lowest BCUT2D eigenvalue weighted by atomic mass is 10.0. The molecule has 0 saturated carbocycles. The molecule has 2 heterocycles. The molecule has 0 bridgehead atoms.